The molecule has 104 valence electrons. The number of hydrogen-bond donors (Lipinski definition) is 2. The van der Waals surface area contributed by atoms with Crippen molar-refractivity contribution in [1.29, 1.82) is 0 Å². The Morgan fingerprint density at radius 3 is 2.84 bits per heavy atom. The summed E-state index contributed by atoms with van der Waals surface area (Å²) in [5.74, 6) is 0.440. The van der Waals surface area contributed by atoms with Gasteiger partial charge in [-0.1, -0.05) is 0 Å². The first kappa shape index (κ1) is 14.2. The van der Waals surface area contributed by atoms with Gasteiger partial charge in [0.2, 0.25) is 5.09 Å². The third kappa shape index (κ3) is 3.63. The zero-order valence-electron chi connectivity index (χ0n) is 10.4. The van der Waals surface area contributed by atoms with E-state index < -0.39 is 10.0 Å². The number of nitrogens with two attached hydrogens (primary N) is 1. The Bertz CT molecular complexity index is 646. The number of nitrogens with zero attached hydrogens (tertiary/aromatic N) is 1. The second-order valence-corrected chi connectivity index (χ2v) is 6.69. The van der Waals surface area contributed by atoms with Crippen LogP contribution in [-0.2, 0) is 23.0 Å². The van der Waals surface area contributed by atoms with Crippen molar-refractivity contribution in [3.8, 4) is 0 Å². The number of nitrogens with one attached hydrogen (secondary N) is 1. The number of aromatic nitrogens is 1. The van der Waals surface area contributed by atoms with Gasteiger partial charge in [0.05, 0.1) is 17.2 Å². The maximum absolute atomic E-state index is 11.9. The van der Waals surface area contributed by atoms with Crippen molar-refractivity contribution in [3.63, 3.8) is 0 Å². The van der Waals surface area contributed by atoms with Crippen LogP contribution in [0.5, 0.6) is 0 Å². The van der Waals surface area contributed by atoms with Crippen LogP contribution in [0.4, 0.5) is 0 Å². The Morgan fingerprint density at radius 2 is 2.26 bits per heavy atom. The van der Waals surface area contributed by atoms with Gasteiger partial charge >= 0.3 is 0 Å². The molecule has 0 amide bonds. The van der Waals surface area contributed by atoms with Crippen molar-refractivity contribution in [1.82, 2.24) is 9.71 Å². The van der Waals surface area contributed by atoms with E-state index in [1.54, 1.807) is 17.4 Å². The minimum absolute atomic E-state index is 0.109. The van der Waals surface area contributed by atoms with Crippen molar-refractivity contribution < 1.29 is 12.8 Å². The lowest BCUT2D eigenvalue weighted by atomic mass is 10.3. The average molecular weight is 301 g/mol. The molecule has 0 saturated heterocycles. The molecule has 2 rings (SSSR count). The topological polar surface area (TPSA) is 98.2 Å². The monoisotopic (exact) mass is 301 g/mol. The number of furan rings is 1. The van der Waals surface area contributed by atoms with E-state index in [1.165, 1.54) is 6.07 Å². The van der Waals surface area contributed by atoms with Crippen molar-refractivity contribution in [3.05, 3.63) is 34.0 Å². The highest BCUT2D eigenvalue weighted by Crippen LogP contribution is 2.13. The molecule has 0 aliphatic carbocycles. The van der Waals surface area contributed by atoms with Crippen molar-refractivity contribution in [2.24, 2.45) is 5.73 Å². The molecule has 8 heteroatoms. The Kier molecular flexibility index (Phi) is 4.35. The minimum Gasteiger partial charge on any atom is -0.447 e. The first-order chi connectivity index (χ1) is 9.01. The Labute approximate surface area is 115 Å². The molecule has 0 fully saturated rings. The van der Waals surface area contributed by atoms with E-state index in [9.17, 15) is 8.42 Å². The highest BCUT2D eigenvalue weighted by atomic mass is 32.2. The molecule has 0 saturated carbocycles. The van der Waals surface area contributed by atoms with Crippen LogP contribution in [0.2, 0.25) is 0 Å². The number of sulfonamides is 1. The zero-order valence-corrected chi connectivity index (χ0v) is 12.1. The molecule has 0 aliphatic rings. The minimum atomic E-state index is -3.61. The molecular formula is C11H15N3O3S2. The molecule has 0 aliphatic heterocycles. The summed E-state index contributed by atoms with van der Waals surface area (Å²) in [6.07, 6.45) is 0.550. The van der Waals surface area contributed by atoms with Crippen LogP contribution in [0, 0.1) is 6.92 Å². The quantitative estimate of drug-likeness (QED) is 0.830. The number of rotatable bonds is 6. The van der Waals surface area contributed by atoms with Gasteiger partial charge in [0.1, 0.15) is 5.76 Å². The van der Waals surface area contributed by atoms with Crippen molar-refractivity contribution in [2.75, 3.05) is 6.54 Å². The van der Waals surface area contributed by atoms with E-state index in [4.69, 9.17) is 10.2 Å². The molecule has 0 radical (unpaired) electrons. The highest BCUT2D eigenvalue weighted by Gasteiger charge is 2.17. The standard InChI is InChI=1S/C11H15N3O3S2/c1-8-14-9(7-18-8)4-5-13-19(15,16)11-3-2-10(6-12)17-11/h2-3,7,13H,4-6,12H2,1H3. The van der Waals surface area contributed by atoms with E-state index in [0.29, 0.717) is 12.2 Å². The predicted octanol–water partition coefficient (Wildman–Crippen LogP) is 1.02. The van der Waals surface area contributed by atoms with Crippen LogP contribution in [0.1, 0.15) is 16.5 Å². The second-order valence-electron chi connectivity index (χ2n) is 3.93. The number of aryl methyl sites for hydroxylation is 1. The largest absolute Gasteiger partial charge is 0.447 e. The van der Waals surface area contributed by atoms with Gasteiger partial charge in [-0.3, -0.25) is 0 Å². The molecular weight excluding hydrogens is 286 g/mol. The maximum Gasteiger partial charge on any atom is 0.273 e. The van der Waals surface area contributed by atoms with Gasteiger partial charge in [0.25, 0.3) is 10.0 Å². The smallest absolute Gasteiger partial charge is 0.273 e. The van der Waals surface area contributed by atoms with Gasteiger partial charge in [-0.25, -0.2) is 18.1 Å². The number of hydrogen-bond acceptors (Lipinski definition) is 6. The Morgan fingerprint density at radius 1 is 1.47 bits per heavy atom. The van der Waals surface area contributed by atoms with Gasteiger partial charge in [-0.2, -0.15) is 0 Å². The summed E-state index contributed by atoms with van der Waals surface area (Å²) in [7, 11) is -3.61. The molecule has 2 heterocycles. The molecule has 0 unspecified atom stereocenters. The summed E-state index contributed by atoms with van der Waals surface area (Å²) in [4.78, 5) is 4.26. The first-order valence-corrected chi connectivity index (χ1v) is 8.07. The Hall–Kier alpha value is -1.22. The molecule has 6 nitrogen and oxygen atoms in total. The maximum atomic E-state index is 11.9. The summed E-state index contributed by atoms with van der Waals surface area (Å²) in [5, 5.41) is 2.78. The van der Waals surface area contributed by atoms with Crippen LogP contribution >= 0.6 is 11.3 Å². The molecule has 3 N–H and O–H groups in total. The molecule has 0 atom stereocenters. The van der Waals surface area contributed by atoms with Gasteiger partial charge in [0, 0.05) is 18.3 Å². The molecule has 2 aromatic heterocycles. The van der Waals surface area contributed by atoms with Crippen LogP contribution in [0.3, 0.4) is 0 Å². The second kappa shape index (κ2) is 5.83. The summed E-state index contributed by atoms with van der Waals surface area (Å²) < 4.78 is 31.4. The van der Waals surface area contributed by atoms with Crippen LogP contribution in [0.25, 0.3) is 0 Å². The fourth-order valence-electron chi connectivity index (χ4n) is 1.52. The van der Waals surface area contributed by atoms with E-state index in [-0.39, 0.29) is 18.2 Å². The van der Waals surface area contributed by atoms with E-state index in [1.807, 2.05) is 12.3 Å². The summed E-state index contributed by atoms with van der Waals surface area (Å²) >= 11 is 1.54. The first-order valence-electron chi connectivity index (χ1n) is 5.71. The van der Waals surface area contributed by atoms with Gasteiger partial charge in [0.15, 0.2) is 0 Å². The molecule has 0 bridgehead atoms. The van der Waals surface area contributed by atoms with Gasteiger partial charge in [-0.15, -0.1) is 11.3 Å². The Balaban J connectivity index is 1.94. The van der Waals surface area contributed by atoms with Crippen LogP contribution < -0.4 is 10.5 Å². The van der Waals surface area contributed by atoms with Crippen LogP contribution in [0.15, 0.2) is 27.0 Å². The normalized spacial score (nSPS) is 11.9. The predicted molar refractivity (Wildman–Crippen MR) is 72.3 cm³/mol. The van der Waals surface area contributed by atoms with E-state index in [0.717, 1.165) is 10.7 Å². The fourth-order valence-corrected chi connectivity index (χ4v) is 3.14. The lowest BCUT2D eigenvalue weighted by Crippen LogP contribution is -2.25. The third-order valence-electron chi connectivity index (χ3n) is 2.44. The van der Waals surface area contributed by atoms with Crippen LogP contribution in [-0.4, -0.2) is 19.9 Å². The molecule has 2 aromatic rings. The van der Waals surface area contributed by atoms with Crippen molar-refractivity contribution >= 4 is 21.4 Å². The highest BCUT2D eigenvalue weighted by molar-refractivity contribution is 7.89. The summed E-state index contributed by atoms with van der Waals surface area (Å²) in [6.45, 7) is 2.37. The van der Waals surface area contributed by atoms with Gasteiger partial charge in [-0.05, 0) is 19.1 Å². The number of thiazole rings is 1. The fraction of sp³-hybridized carbons (Fsp3) is 0.364. The lowest BCUT2D eigenvalue weighted by molar-refractivity contribution is 0.413. The van der Waals surface area contributed by atoms with Crippen molar-refractivity contribution in [2.45, 2.75) is 25.0 Å². The molecule has 0 spiro atoms. The third-order valence-corrected chi connectivity index (χ3v) is 4.60. The SMILES string of the molecule is Cc1nc(CCNS(=O)(=O)c2ccc(CN)o2)cs1. The summed E-state index contributed by atoms with van der Waals surface area (Å²) in [5.41, 5.74) is 6.25. The zero-order chi connectivity index (χ0) is 13.9. The van der Waals surface area contributed by atoms with E-state index in [2.05, 4.69) is 9.71 Å². The lowest BCUT2D eigenvalue weighted by Gasteiger charge is -2.02. The van der Waals surface area contributed by atoms with Gasteiger partial charge < -0.3 is 10.2 Å². The average Bonchev–Trinajstić information content (AvgIpc) is 2.98. The summed E-state index contributed by atoms with van der Waals surface area (Å²) in [6, 6.07) is 2.95. The molecule has 19 heavy (non-hydrogen) atoms. The molecule has 0 aromatic carbocycles. The van der Waals surface area contributed by atoms with E-state index >= 15 is 0 Å².